The van der Waals surface area contributed by atoms with E-state index < -0.39 is 6.10 Å². The SMILES string of the molecule is CNCC(O)Cn1ncc2ccccc2c1=O. The molecule has 1 aromatic carbocycles. The van der Waals surface area contributed by atoms with Crippen molar-refractivity contribution in [2.75, 3.05) is 13.6 Å². The number of aromatic nitrogens is 2. The van der Waals surface area contributed by atoms with Gasteiger partial charge in [-0.05, 0) is 13.1 Å². The molecule has 0 fully saturated rings. The zero-order valence-electron chi connectivity index (χ0n) is 9.63. The summed E-state index contributed by atoms with van der Waals surface area (Å²) < 4.78 is 1.30. The third-order valence-corrected chi connectivity index (χ3v) is 2.59. The maximum Gasteiger partial charge on any atom is 0.274 e. The topological polar surface area (TPSA) is 67.2 Å². The van der Waals surface area contributed by atoms with Gasteiger partial charge in [-0.15, -0.1) is 0 Å². The Balaban J connectivity index is 2.36. The van der Waals surface area contributed by atoms with Crippen LogP contribution in [0.3, 0.4) is 0 Å². The Hall–Kier alpha value is -1.72. The molecule has 0 radical (unpaired) electrons. The average Bonchev–Trinajstić information content (AvgIpc) is 2.33. The Morgan fingerprint density at radius 2 is 2.24 bits per heavy atom. The summed E-state index contributed by atoms with van der Waals surface area (Å²) in [5.74, 6) is 0. The number of likely N-dealkylation sites (N-methyl/N-ethyl adjacent to an activating group) is 1. The molecule has 0 saturated heterocycles. The average molecular weight is 233 g/mol. The fourth-order valence-corrected chi connectivity index (χ4v) is 1.76. The molecule has 2 rings (SSSR count). The summed E-state index contributed by atoms with van der Waals surface area (Å²) in [6, 6.07) is 7.29. The number of fused-ring (bicyclic) bond motifs is 1. The number of rotatable bonds is 4. The molecule has 1 unspecified atom stereocenters. The summed E-state index contributed by atoms with van der Waals surface area (Å²) in [7, 11) is 1.75. The van der Waals surface area contributed by atoms with E-state index in [1.807, 2.05) is 18.2 Å². The number of aliphatic hydroxyl groups excluding tert-OH is 1. The highest BCUT2D eigenvalue weighted by Gasteiger charge is 2.08. The second kappa shape index (κ2) is 5.07. The minimum Gasteiger partial charge on any atom is -0.390 e. The van der Waals surface area contributed by atoms with E-state index in [1.54, 1.807) is 19.3 Å². The molecular weight excluding hydrogens is 218 g/mol. The zero-order valence-corrected chi connectivity index (χ0v) is 9.63. The lowest BCUT2D eigenvalue weighted by molar-refractivity contribution is 0.147. The van der Waals surface area contributed by atoms with E-state index in [4.69, 9.17) is 0 Å². The highest BCUT2D eigenvalue weighted by atomic mass is 16.3. The van der Waals surface area contributed by atoms with Gasteiger partial charge >= 0.3 is 0 Å². The fourth-order valence-electron chi connectivity index (χ4n) is 1.76. The van der Waals surface area contributed by atoms with Crippen LogP contribution in [-0.2, 0) is 6.54 Å². The number of hydrogen-bond donors (Lipinski definition) is 2. The lowest BCUT2D eigenvalue weighted by atomic mass is 10.2. The number of hydrogen-bond acceptors (Lipinski definition) is 4. The summed E-state index contributed by atoms with van der Waals surface area (Å²) in [6.45, 7) is 0.630. The molecule has 0 amide bonds. The van der Waals surface area contributed by atoms with Gasteiger partial charge < -0.3 is 10.4 Å². The molecule has 0 saturated carbocycles. The molecule has 5 heteroatoms. The van der Waals surface area contributed by atoms with Crippen molar-refractivity contribution in [2.24, 2.45) is 0 Å². The second-order valence-electron chi connectivity index (χ2n) is 3.93. The van der Waals surface area contributed by atoms with Gasteiger partial charge in [0.25, 0.3) is 5.56 Å². The van der Waals surface area contributed by atoms with Crippen LogP contribution in [0.1, 0.15) is 0 Å². The molecule has 1 heterocycles. The van der Waals surface area contributed by atoms with Gasteiger partial charge in [0.2, 0.25) is 0 Å². The number of nitrogens with zero attached hydrogens (tertiary/aromatic N) is 2. The molecule has 0 aliphatic rings. The van der Waals surface area contributed by atoms with E-state index in [-0.39, 0.29) is 12.1 Å². The summed E-state index contributed by atoms with van der Waals surface area (Å²) in [6.07, 6.45) is 1.02. The van der Waals surface area contributed by atoms with Crippen molar-refractivity contribution in [3.8, 4) is 0 Å². The van der Waals surface area contributed by atoms with Gasteiger partial charge in [0.1, 0.15) is 0 Å². The number of nitrogens with one attached hydrogen (secondary N) is 1. The Kier molecular flexibility index (Phi) is 3.51. The van der Waals surface area contributed by atoms with Crippen LogP contribution in [0.2, 0.25) is 0 Å². The molecule has 0 spiro atoms. The van der Waals surface area contributed by atoms with Crippen LogP contribution in [0, 0.1) is 0 Å². The second-order valence-corrected chi connectivity index (χ2v) is 3.93. The van der Waals surface area contributed by atoms with Crippen LogP contribution < -0.4 is 10.9 Å². The molecule has 0 aliphatic carbocycles. The van der Waals surface area contributed by atoms with Crippen molar-refractivity contribution in [3.63, 3.8) is 0 Å². The van der Waals surface area contributed by atoms with Gasteiger partial charge in [0.05, 0.1) is 24.2 Å². The first-order valence-corrected chi connectivity index (χ1v) is 5.50. The first kappa shape index (κ1) is 11.8. The van der Waals surface area contributed by atoms with E-state index in [2.05, 4.69) is 10.4 Å². The van der Waals surface area contributed by atoms with E-state index in [1.165, 1.54) is 4.68 Å². The van der Waals surface area contributed by atoms with Gasteiger partial charge in [0, 0.05) is 11.9 Å². The van der Waals surface area contributed by atoms with E-state index >= 15 is 0 Å². The van der Waals surface area contributed by atoms with E-state index in [0.29, 0.717) is 11.9 Å². The lowest BCUT2D eigenvalue weighted by Crippen LogP contribution is -2.33. The molecule has 1 aromatic heterocycles. The summed E-state index contributed by atoms with van der Waals surface area (Å²) >= 11 is 0. The Morgan fingerprint density at radius 3 is 3.00 bits per heavy atom. The fraction of sp³-hybridized carbons (Fsp3) is 0.333. The third-order valence-electron chi connectivity index (χ3n) is 2.59. The molecule has 90 valence electrons. The summed E-state index contributed by atoms with van der Waals surface area (Å²) in [5.41, 5.74) is -0.168. The van der Waals surface area contributed by atoms with Gasteiger partial charge in [0.15, 0.2) is 0 Å². The van der Waals surface area contributed by atoms with Crippen molar-refractivity contribution in [3.05, 3.63) is 40.8 Å². The minimum absolute atomic E-state index is 0.168. The highest BCUT2D eigenvalue weighted by molar-refractivity contribution is 5.80. The van der Waals surface area contributed by atoms with Crippen molar-refractivity contribution in [1.29, 1.82) is 0 Å². The molecule has 1 atom stereocenters. The molecule has 0 aliphatic heterocycles. The minimum atomic E-state index is -0.619. The predicted molar refractivity (Wildman–Crippen MR) is 65.9 cm³/mol. The van der Waals surface area contributed by atoms with E-state index in [9.17, 15) is 9.90 Å². The molecule has 17 heavy (non-hydrogen) atoms. The van der Waals surface area contributed by atoms with Crippen LogP contribution in [-0.4, -0.2) is 34.6 Å². The quantitative estimate of drug-likeness (QED) is 0.778. The Morgan fingerprint density at radius 1 is 1.47 bits per heavy atom. The lowest BCUT2D eigenvalue weighted by Gasteiger charge is -2.11. The molecule has 0 bridgehead atoms. The highest BCUT2D eigenvalue weighted by Crippen LogP contribution is 2.06. The van der Waals surface area contributed by atoms with Gasteiger partial charge in [-0.1, -0.05) is 18.2 Å². The first-order chi connectivity index (χ1) is 8.22. The Bertz CT molecular complexity index is 565. The molecule has 2 aromatic rings. The monoisotopic (exact) mass is 233 g/mol. The van der Waals surface area contributed by atoms with Crippen LogP contribution >= 0.6 is 0 Å². The number of aliphatic hydroxyl groups is 1. The van der Waals surface area contributed by atoms with Crippen LogP contribution in [0.5, 0.6) is 0 Å². The third kappa shape index (κ3) is 2.51. The van der Waals surface area contributed by atoms with Crippen molar-refractivity contribution >= 4 is 10.8 Å². The largest absolute Gasteiger partial charge is 0.390 e. The predicted octanol–water partition coefficient (Wildman–Crippen LogP) is -0.0232. The standard InChI is InChI=1S/C12H15N3O2/c1-13-7-10(16)8-15-12(17)11-5-3-2-4-9(11)6-14-15/h2-6,10,13,16H,7-8H2,1H3. The van der Waals surface area contributed by atoms with Gasteiger partial charge in [-0.2, -0.15) is 5.10 Å². The van der Waals surface area contributed by atoms with Gasteiger partial charge in [-0.3, -0.25) is 4.79 Å². The van der Waals surface area contributed by atoms with Crippen molar-refractivity contribution < 1.29 is 5.11 Å². The molecule has 2 N–H and O–H groups in total. The normalized spacial score (nSPS) is 12.8. The molecule has 5 nitrogen and oxygen atoms in total. The smallest absolute Gasteiger partial charge is 0.274 e. The maximum atomic E-state index is 12.0. The van der Waals surface area contributed by atoms with E-state index in [0.717, 1.165) is 5.39 Å². The summed E-state index contributed by atoms with van der Waals surface area (Å²) in [5, 5.41) is 18.0. The van der Waals surface area contributed by atoms with Crippen LogP contribution in [0.15, 0.2) is 35.3 Å². The molecular formula is C12H15N3O2. The maximum absolute atomic E-state index is 12.0. The zero-order chi connectivity index (χ0) is 12.3. The first-order valence-electron chi connectivity index (χ1n) is 5.50. The summed E-state index contributed by atoms with van der Waals surface area (Å²) in [4.78, 5) is 12.0. The van der Waals surface area contributed by atoms with Crippen LogP contribution in [0.4, 0.5) is 0 Å². The number of benzene rings is 1. The van der Waals surface area contributed by atoms with Crippen molar-refractivity contribution in [2.45, 2.75) is 12.6 Å². The van der Waals surface area contributed by atoms with Crippen molar-refractivity contribution in [1.82, 2.24) is 15.1 Å². The Labute approximate surface area is 98.7 Å². The van der Waals surface area contributed by atoms with Gasteiger partial charge in [-0.25, -0.2) is 4.68 Å². The van der Waals surface area contributed by atoms with Crippen LogP contribution in [0.25, 0.3) is 10.8 Å².